The Labute approximate surface area is 145 Å². The Balaban J connectivity index is 1.98. The van der Waals surface area contributed by atoms with Crippen LogP contribution in [0.1, 0.15) is 36.1 Å². The molecule has 2 aromatic rings. The smallest absolute Gasteiger partial charge is 0.110 e. The zero-order chi connectivity index (χ0) is 17.1. The van der Waals surface area contributed by atoms with E-state index in [4.69, 9.17) is 0 Å². The van der Waals surface area contributed by atoms with E-state index in [9.17, 15) is 0 Å². The number of nitrogens with zero attached hydrogens (tertiary/aromatic N) is 2. The molecule has 1 aliphatic carbocycles. The summed E-state index contributed by atoms with van der Waals surface area (Å²) in [7, 11) is 2.15. The topological polar surface area (TPSA) is 6.48 Å². The molecule has 0 N–H and O–H groups in total. The molecule has 0 radical (unpaired) electrons. The van der Waals surface area contributed by atoms with Gasteiger partial charge in [-0.15, -0.1) is 0 Å². The second-order valence-electron chi connectivity index (χ2n) is 7.64. The zero-order valence-corrected chi connectivity index (χ0v) is 15.4. The van der Waals surface area contributed by atoms with Crippen molar-refractivity contribution in [2.75, 3.05) is 11.9 Å². The predicted octanol–water partition coefficient (Wildman–Crippen LogP) is 5.03. The van der Waals surface area contributed by atoms with Gasteiger partial charge in [-0.2, -0.15) is 0 Å². The monoisotopic (exact) mass is 318 g/mol. The van der Waals surface area contributed by atoms with Crippen molar-refractivity contribution >= 4 is 5.69 Å². The first kappa shape index (κ1) is 15.3. The number of hydrogen-bond acceptors (Lipinski definition) is 2. The summed E-state index contributed by atoms with van der Waals surface area (Å²) < 4.78 is 0. The molecular formula is C22H26N2. The summed E-state index contributed by atoms with van der Waals surface area (Å²) in [5.41, 5.74) is 10.0. The second-order valence-corrected chi connectivity index (χ2v) is 7.64. The molecule has 0 unspecified atom stereocenters. The molecule has 0 aromatic heterocycles. The third-order valence-electron chi connectivity index (χ3n) is 5.85. The number of rotatable bonds is 1. The number of anilines is 1. The Kier molecular flexibility index (Phi) is 3.28. The highest BCUT2D eigenvalue weighted by molar-refractivity contribution is 5.83. The lowest BCUT2D eigenvalue weighted by Crippen LogP contribution is -2.47. The van der Waals surface area contributed by atoms with Gasteiger partial charge >= 0.3 is 0 Å². The molecule has 0 spiro atoms. The van der Waals surface area contributed by atoms with Crippen LogP contribution in [0.15, 0.2) is 42.7 Å². The minimum absolute atomic E-state index is 0.0370. The standard InChI is InChI=1S/C22H26N2/c1-15-14-16(2)21(24-13-12-23(5)22(24,3)4)19-11-10-17-8-6-7-9-18(17)20(15)19/h6-9,12-14H,10-11H2,1-5H3. The van der Waals surface area contributed by atoms with Crippen molar-refractivity contribution in [3.05, 3.63) is 65.0 Å². The average molecular weight is 318 g/mol. The molecule has 0 atom stereocenters. The Morgan fingerprint density at radius 2 is 1.71 bits per heavy atom. The fourth-order valence-electron chi connectivity index (χ4n) is 4.30. The first-order chi connectivity index (χ1) is 11.4. The van der Waals surface area contributed by atoms with Crippen molar-refractivity contribution in [3.8, 4) is 11.1 Å². The summed E-state index contributed by atoms with van der Waals surface area (Å²) in [5.74, 6) is 0. The van der Waals surface area contributed by atoms with E-state index < -0.39 is 0 Å². The molecule has 0 fully saturated rings. The highest BCUT2D eigenvalue weighted by Gasteiger charge is 2.36. The zero-order valence-electron chi connectivity index (χ0n) is 15.4. The van der Waals surface area contributed by atoms with Crippen LogP contribution in [0.25, 0.3) is 11.1 Å². The van der Waals surface area contributed by atoms with Gasteiger partial charge in [0, 0.05) is 25.1 Å². The molecule has 0 bridgehead atoms. The maximum absolute atomic E-state index is 2.45. The van der Waals surface area contributed by atoms with E-state index in [1.165, 1.54) is 39.1 Å². The van der Waals surface area contributed by atoms with Crippen LogP contribution in [-0.4, -0.2) is 17.6 Å². The molecule has 1 heterocycles. The predicted molar refractivity (Wildman–Crippen MR) is 102 cm³/mol. The summed E-state index contributed by atoms with van der Waals surface area (Å²) in [6.07, 6.45) is 6.67. The van der Waals surface area contributed by atoms with Gasteiger partial charge in [0.2, 0.25) is 0 Å². The quantitative estimate of drug-likeness (QED) is 0.728. The molecule has 4 rings (SSSR count). The lowest BCUT2D eigenvalue weighted by atomic mass is 9.81. The van der Waals surface area contributed by atoms with Gasteiger partial charge in [-0.3, -0.25) is 0 Å². The normalized spacial score (nSPS) is 17.9. The van der Waals surface area contributed by atoms with Crippen molar-refractivity contribution in [2.24, 2.45) is 0 Å². The number of hydrogen-bond donors (Lipinski definition) is 0. The minimum atomic E-state index is -0.0370. The van der Waals surface area contributed by atoms with Gasteiger partial charge in [0.05, 0.1) is 0 Å². The van der Waals surface area contributed by atoms with E-state index in [2.05, 4.69) is 87.3 Å². The van der Waals surface area contributed by atoms with Crippen molar-refractivity contribution in [2.45, 2.75) is 46.2 Å². The molecule has 0 amide bonds. The van der Waals surface area contributed by atoms with Crippen LogP contribution >= 0.6 is 0 Å². The molecular weight excluding hydrogens is 292 g/mol. The van der Waals surface area contributed by atoms with Gasteiger partial charge in [0.15, 0.2) is 0 Å². The highest BCUT2D eigenvalue weighted by atomic mass is 15.4. The summed E-state index contributed by atoms with van der Waals surface area (Å²) in [6, 6.07) is 11.3. The molecule has 2 heteroatoms. The Morgan fingerprint density at radius 3 is 2.42 bits per heavy atom. The molecule has 24 heavy (non-hydrogen) atoms. The number of benzene rings is 2. The average Bonchev–Trinajstić information content (AvgIpc) is 2.81. The SMILES string of the molecule is Cc1cc(C)c(N2C=CN(C)C2(C)C)c2c1-c1ccccc1CC2. The molecule has 2 nitrogen and oxygen atoms in total. The van der Waals surface area contributed by atoms with Crippen LogP contribution in [0.4, 0.5) is 5.69 Å². The van der Waals surface area contributed by atoms with E-state index in [0.29, 0.717) is 0 Å². The van der Waals surface area contributed by atoms with Gasteiger partial charge in [0.25, 0.3) is 0 Å². The third kappa shape index (κ3) is 2.02. The van der Waals surface area contributed by atoms with E-state index in [1.807, 2.05) is 0 Å². The lowest BCUT2D eigenvalue weighted by Gasteiger charge is -2.41. The maximum Gasteiger partial charge on any atom is 0.110 e. The van der Waals surface area contributed by atoms with Crippen LogP contribution in [0.5, 0.6) is 0 Å². The van der Waals surface area contributed by atoms with Crippen LogP contribution in [-0.2, 0) is 12.8 Å². The molecule has 1 aliphatic heterocycles. The summed E-state index contributed by atoms with van der Waals surface area (Å²) in [5, 5.41) is 0. The fourth-order valence-corrected chi connectivity index (χ4v) is 4.30. The maximum atomic E-state index is 2.45. The van der Waals surface area contributed by atoms with Crippen LogP contribution in [0.2, 0.25) is 0 Å². The Morgan fingerprint density at radius 1 is 0.958 bits per heavy atom. The van der Waals surface area contributed by atoms with Gasteiger partial charge in [-0.1, -0.05) is 30.3 Å². The van der Waals surface area contributed by atoms with Gasteiger partial charge in [0.1, 0.15) is 5.66 Å². The number of fused-ring (bicyclic) bond motifs is 3. The van der Waals surface area contributed by atoms with Gasteiger partial charge in [-0.05, 0) is 73.9 Å². The van der Waals surface area contributed by atoms with Crippen molar-refractivity contribution in [1.29, 1.82) is 0 Å². The largest absolute Gasteiger partial charge is 0.357 e. The van der Waals surface area contributed by atoms with E-state index in [0.717, 1.165) is 12.8 Å². The molecule has 2 aliphatic rings. The van der Waals surface area contributed by atoms with Crippen molar-refractivity contribution in [3.63, 3.8) is 0 Å². The lowest BCUT2D eigenvalue weighted by molar-refractivity contribution is 0.253. The van der Waals surface area contributed by atoms with Crippen molar-refractivity contribution < 1.29 is 0 Å². The van der Waals surface area contributed by atoms with Crippen LogP contribution in [0.3, 0.4) is 0 Å². The Hall–Kier alpha value is -2.22. The van der Waals surface area contributed by atoms with E-state index in [1.54, 1.807) is 0 Å². The van der Waals surface area contributed by atoms with E-state index >= 15 is 0 Å². The molecule has 0 saturated heterocycles. The molecule has 2 aromatic carbocycles. The summed E-state index contributed by atoms with van der Waals surface area (Å²) in [4.78, 5) is 4.74. The van der Waals surface area contributed by atoms with Crippen LogP contribution < -0.4 is 4.90 Å². The summed E-state index contributed by atoms with van der Waals surface area (Å²) >= 11 is 0. The summed E-state index contributed by atoms with van der Waals surface area (Å²) in [6.45, 7) is 9.09. The first-order valence-corrected chi connectivity index (χ1v) is 8.83. The fraction of sp³-hybridized carbons (Fsp3) is 0.364. The molecule has 124 valence electrons. The number of aryl methyl sites for hydroxylation is 3. The van der Waals surface area contributed by atoms with Crippen LogP contribution in [0, 0.1) is 13.8 Å². The highest BCUT2D eigenvalue weighted by Crippen LogP contribution is 2.45. The third-order valence-corrected chi connectivity index (χ3v) is 5.85. The minimum Gasteiger partial charge on any atom is -0.357 e. The first-order valence-electron chi connectivity index (χ1n) is 8.83. The van der Waals surface area contributed by atoms with Gasteiger partial charge in [-0.25, -0.2) is 0 Å². The van der Waals surface area contributed by atoms with E-state index in [-0.39, 0.29) is 5.66 Å². The second kappa shape index (κ2) is 5.14. The van der Waals surface area contributed by atoms with Crippen molar-refractivity contribution in [1.82, 2.24) is 4.90 Å². The Bertz CT molecular complexity index is 845. The molecule has 0 saturated carbocycles. The van der Waals surface area contributed by atoms with Gasteiger partial charge < -0.3 is 9.80 Å².